The molecule has 21 heavy (non-hydrogen) atoms. The molecule has 114 valence electrons. The van der Waals surface area contributed by atoms with Gasteiger partial charge >= 0.3 is 0 Å². The predicted octanol–water partition coefficient (Wildman–Crippen LogP) is 1.95. The van der Waals surface area contributed by atoms with Gasteiger partial charge in [0.2, 0.25) is 0 Å². The Morgan fingerprint density at radius 2 is 2.48 bits per heavy atom. The van der Waals surface area contributed by atoms with E-state index >= 15 is 0 Å². The molecule has 0 radical (unpaired) electrons. The number of hydrogen-bond donors (Lipinski definition) is 2. The fourth-order valence-corrected chi connectivity index (χ4v) is 3.50. The predicted molar refractivity (Wildman–Crippen MR) is 83.2 cm³/mol. The SMILES string of the molecule is OCCN(Cc1csc(-c2ccco2)n1)CC1CCCN1. The third-order valence-electron chi connectivity index (χ3n) is 3.73. The van der Waals surface area contributed by atoms with Crippen LogP contribution in [0.1, 0.15) is 18.5 Å². The fourth-order valence-electron chi connectivity index (χ4n) is 2.72. The fraction of sp³-hybridized carbons (Fsp3) is 0.533. The molecule has 1 saturated heterocycles. The first-order valence-corrected chi connectivity index (χ1v) is 8.28. The summed E-state index contributed by atoms with van der Waals surface area (Å²) >= 11 is 1.60. The Bertz CT molecular complexity index is 535. The van der Waals surface area contributed by atoms with Crippen LogP contribution in [-0.4, -0.2) is 47.3 Å². The van der Waals surface area contributed by atoms with E-state index in [0.29, 0.717) is 12.6 Å². The molecule has 0 aromatic carbocycles. The summed E-state index contributed by atoms with van der Waals surface area (Å²) in [5, 5.41) is 15.7. The minimum atomic E-state index is 0.182. The molecular formula is C15H21N3O2S. The van der Waals surface area contributed by atoms with Crippen LogP contribution in [0.2, 0.25) is 0 Å². The molecule has 1 fully saturated rings. The molecule has 0 spiro atoms. The van der Waals surface area contributed by atoms with Gasteiger partial charge in [0.05, 0.1) is 18.6 Å². The molecule has 0 saturated carbocycles. The summed E-state index contributed by atoms with van der Waals surface area (Å²) in [5.74, 6) is 0.817. The van der Waals surface area contributed by atoms with Crippen molar-refractivity contribution in [2.24, 2.45) is 0 Å². The second-order valence-corrected chi connectivity index (χ2v) is 6.23. The summed E-state index contributed by atoms with van der Waals surface area (Å²) in [5.41, 5.74) is 1.04. The molecule has 1 atom stereocenters. The van der Waals surface area contributed by atoms with E-state index in [1.165, 1.54) is 12.8 Å². The molecule has 3 rings (SSSR count). The highest BCUT2D eigenvalue weighted by Crippen LogP contribution is 2.24. The Kier molecular flexibility index (Phi) is 5.03. The van der Waals surface area contributed by atoms with E-state index in [1.807, 2.05) is 12.1 Å². The number of aliphatic hydroxyl groups is 1. The Morgan fingerprint density at radius 3 is 3.19 bits per heavy atom. The van der Waals surface area contributed by atoms with E-state index in [4.69, 9.17) is 4.42 Å². The van der Waals surface area contributed by atoms with Gasteiger partial charge < -0.3 is 14.8 Å². The average molecular weight is 307 g/mol. The van der Waals surface area contributed by atoms with Crippen LogP contribution >= 0.6 is 11.3 Å². The van der Waals surface area contributed by atoms with Gasteiger partial charge in [-0.1, -0.05) is 0 Å². The number of aliphatic hydroxyl groups excluding tert-OH is 1. The van der Waals surface area contributed by atoms with Gasteiger partial charge in [-0.05, 0) is 31.5 Å². The van der Waals surface area contributed by atoms with Crippen molar-refractivity contribution in [1.29, 1.82) is 0 Å². The first-order chi connectivity index (χ1) is 10.3. The molecule has 2 aromatic heterocycles. The Balaban J connectivity index is 1.62. The van der Waals surface area contributed by atoms with Gasteiger partial charge in [-0.2, -0.15) is 0 Å². The molecule has 1 unspecified atom stereocenters. The molecule has 5 nitrogen and oxygen atoms in total. The molecule has 1 aliphatic heterocycles. The maximum Gasteiger partial charge on any atom is 0.162 e. The van der Waals surface area contributed by atoms with Crippen molar-refractivity contribution >= 4 is 11.3 Å². The Labute approximate surface area is 128 Å². The zero-order valence-corrected chi connectivity index (χ0v) is 12.8. The van der Waals surface area contributed by atoms with Crippen LogP contribution in [0.15, 0.2) is 28.2 Å². The van der Waals surface area contributed by atoms with Gasteiger partial charge in [0, 0.05) is 31.1 Å². The van der Waals surface area contributed by atoms with Crippen LogP contribution in [0, 0.1) is 0 Å². The zero-order valence-electron chi connectivity index (χ0n) is 12.0. The number of thiazole rings is 1. The smallest absolute Gasteiger partial charge is 0.162 e. The molecule has 0 bridgehead atoms. The zero-order chi connectivity index (χ0) is 14.5. The molecule has 3 heterocycles. The van der Waals surface area contributed by atoms with Crippen molar-refractivity contribution in [2.45, 2.75) is 25.4 Å². The molecule has 0 aliphatic carbocycles. The van der Waals surface area contributed by atoms with E-state index < -0.39 is 0 Å². The molecule has 2 N–H and O–H groups in total. The summed E-state index contributed by atoms with van der Waals surface area (Å²) < 4.78 is 5.38. The van der Waals surface area contributed by atoms with Gasteiger partial charge in [-0.3, -0.25) is 4.90 Å². The maximum atomic E-state index is 9.25. The van der Waals surface area contributed by atoms with Crippen LogP contribution in [0.25, 0.3) is 10.8 Å². The van der Waals surface area contributed by atoms with Crippen LogP contribution in [0.5, 0.6) is 0 Å². The van der Waals surface area contributed by atoms with Crippen molar-refractivity contribution in [2.75, 3.05) is 26.2 Å². The summed E-state index contributed by atoms with van der Waals surface area (Å²) in [6, 6.07) is 4.34. The second kappa shape index (κ2) is 7.17. The van der Waals surface area contributed by atoms with Crippen molar-refractivity contribution in [1.82, 2.24) is 15.2 Å². The van der Waals surface area contributed by atoms with Gasteiger partial charge in [-0.25, -0.2) is 4.98 Å². The van der Waals surface area contributed by atoms with Gasteiger partial charge in [0.25, 0.3) is 0 Å². The molecule has 0 amide bonds. The quantitative estimate of drug-likeness (QED) is 0.819. The number of nitrogens with one attached hydrogen (secondary N) is 1. The highest BCUT2D eigenvalue weighted by atomic mass is 32.1. The molecule has 1 aliphatic rings. The summed E-state index contributed by atoms with van der Waals surface area (Å²) in [4.78, 5) is 6.90. The third kappa shape index (κ3) is 3.91. The lowest BCUT2D eigenvalue weighted by atomic mass is 10.2. The Morgan fingerprint density at radius 1 is 1.52 bits per heavy atom. The number of nitrogens with zero attached hydrogens (tertiary/aromatic N) is 2. The first kappa shape index (κ1) is 14.7. The molecular weight excluding hydrogens is 286 g/mol. The summed E-state index contributed by atoms with van der Waals surface area (Å²) in [7, 11) is 0. The minimum Gasteiger partial charge on any atom is -0.462 e. The first-order valence-electron chi connectivity index (χ1n) is 7.40. The van der Waals surface area contributed by atoms with Gasteiger partial charge in [0.1, 0.15) is 0 Å². The summed E-state index contributed by atoms with van der Waals surface area (Å²) in [6.07, 6.45) is 4.13. The third-order valence-corrected chi connectivity index (χ3v) is 4.63. The number of aromatic nitrogens is 1. The van der Waals surface area contributed by atoms with Crippen LogP contribution in [0.3, 0.4) is 0 Å². The lowest BCUT2D eigenvalue weighted by Gasteiger charge is -2.24. The minimum absolute atomic E-state index is 0.182. The monoisotopic (exact) mass is 307 g/mol. The number of furan rings is 1. The lowest BCUT2D eigenvalue weighted by molar-refractivity contribution is 0.178. The van der Waals surface area contributed by atoms with E-state index in [1.54, 1.807) is 17.6 Å². The highest BCUT2D eigenvalue weighted by molar-refractivity contribution is 7.13. The van der Waals surface area contributed by atoms with Crippen molar-refractivity contribution in [3.63, 3.8) is 0 Å². The van der Waals surface area contributed by atoms with E-state index in [2.05, 4.69) is 20.6 Å². The largest absolute Gasteiger partial charge is 0.462 e. The van der Waals surface area contributed by atoms with Gasteiger partial charge in [-0.15, -0.1) is 11.3 Å². The van der Waals surface area contributed by atoms with Crippen LogP contribution < -0.4 is 5.32 Å². The van der Waals surface area contributed by atoms with Crippen molar-refractivity contribution in [3.8, 4) is 10.8 Å². The number of hydrogen-bond acceptors (Lipinski definition) is 6. The lowest BCUT2D eigenvalue weighted by Crippen LogP contribution is -2.38. The standard InChI is InChI=1S/C15H21N3O2S/c19-7-6-18(9-12-3-1-5-16-12)10-13-11-21-15(17-13)14-4-2-8-20-14/h2,4,8,11-12,16,19H,1,3,5-7,9-10H2. The summed E-state index contributed by atoms with van der Waals surface area (Å²) in [6.45, 7) is 3.72. The van der Waals surface area contributed by atoms with Gasteiger partial charge in [0.15, 0.2) is 10.8 Å². The highest BCUT2D eigenvalue weighted by Gasteiger charge is 2.18. The van der Waals surface area contributed by atoms with Crippen molar-refractivity contribution < 1.29 is 9.52 Å². The normalized spacial score (nSPS) is 18.7. The van der Waals surface area contributed by atoms with E-state index in [0.717, 1.165) is 36.1 Å². The van der Waals surface area contributed by atoms with Crippen LogP contribution in [-0.2, 0) is 6.54 Å². The number of rotatable bonds is 7. The average Bonchev–Trinajstić information content (AvgIpc) is 3.21. The van der Waals surface area contributed by atoms with Crippen molar-refractivity contribution in [3.05, 3.63) is 29.5 Å². The molecule has 2 aromatic rings. The topological polar surface area (TPSA) is 61.5 Å². The molecule has 6 heteroatoms. The second-order valence-electron chi connectivity index (χ2n) is 5.37. The van der Waals surface area contributed by atoms with E-state index in [9.17, 15) is 5.11 Å². The van der Waals surface area contributed by atoms with Crippen LogP contribution in [0.4, 0.5) is 0 Å². The van der Waals surface area contributed by atoms with E-state index in [-0.39, 0.29) is 6.61 Å². The Hall–Kier alpha value is -1.21. The maximum absolute atomic E-state index is 9.25.